The topological polar surface area (TPSA) is 325 Å². The molecule has 2 atom stereocenters. The van der Waals surface area contributed by atoms with Gasteiger partial charge in [-0.3, -0.25) is 13.7 Å². The molecule has 17 rings (SSSR count). The van der Waals surface area contributed by atoms with E-state index in [9.17, 15) is 37.2 Å². The Hall–Kier alpha value is -15.1. The summed E-state index contributed by atoms with van der Waals surface area (Å²) < 4.78 is 247. The predicted octanol–water partition coefficient (Wildman–Crippen LogP) is 24.5. The fraction of sp³-hybridized carbons (Fsp3) is 0.0700. The van der Waals surface area contributed by atoms with E-state index in [2.05, 4.69) is 21.5 Å². The minimum Gasteiger partial charge on any atom is -0.496 e. The Kier molecular flexibility index (Phi) is 25.9. The number of fused-ring (bicyclic) bond motifs is 6. The summed E-state index contributed by atoms with van der Waals surface area (Å²) >= 11 is 0.166. The number of hydrogen-bond donors (Lipinski definition) is 2. The van der Waals surface area contributed by atoms with Crippen molar-refractivity contribution in [2.45, 2.75) is 51.2 Å². The van der Waals surface area contributed by atoms with E-state index in [0.29, 0.717) is 97.4 Å². The summed E-state index contributed by atoms with van der Waals surface area (Å²) in [7, 11) is -14.5. The number of nitrogens with zero attached hydrogens (tertiary/aromatic N) is 3. The molecule has 0 saturated carbocycles. The van der Waals surface area contributed by atoms with Crippen LogP contribution in [0.4, 0.5) is 26.3 Å². The molecule has 15 aromatic carbocycles. The first-order chi connectivity index (χ1) is 64.3. The lowest BCUT2D eigenvalue weighted by Crippen LogP contribution is -2.54. The summed E-state index contributed by atoms with van der Waals surface area (Å²) in [6.07, 6.45) is -12.0. The number of para-hydroxylation sites is 2. The molecule has 672 valence electrons. The van der Waals surface area contributed by atoms with Gasteiger partial charge in [-0.15, -0.1) is 4.33 Å². The summed E-state index contributed by atoms with van der Waals surface area (Å²) in [5, 5.41) is 44.4. The zero-order valence-electron chi connectivity index (χ0n) is 70.1. The first kappa shape index (κ1) is 92.2. The zero-order chi connectivity index (χ0) is 94.7. The van der Waals surface area contributed by atoms with Crippen LogP contribution in [0.25, 0.3) is 33.4 Å². The van der Waals surface area contributed by atoms with Gasteiger partial charge in [0.1, 0.15) is 126 Å². The van der Waals surface area contributed by atoms with Gasteiger partial charge in [-0.2, -0.15) is 50.5 Å². The SMILES string of the molecule is COc1ccc(Oc2cccc(Oc3ccc(C)cc3P3(=O)Oc4ccccc4-c4ccccc43)c2C#N)cc1P1(=O)Oc2ccccc2-c2ccccc21.COc1ccc(S(=O)(=O)c2ccc(Oc3ccc(C(c4ccc(Oc5cccc(Oc6ccc(-c7ccc(Oc8cccc(C)c8C#N)cc7)cc6)c5C#N)cc4)(C(F)(F)F)C(F)(F)F)cc3)c(SOOO)c2)cc1S(=O)(=O)O. The molecule has 0 bridgehead atoms. The normalized spacial score (nSPS) is 14.2. The van der Waals surface area contributed by atoms with Crippen molar-refractivity contribution >= 4 is 68.0 Å². The van der Waals surface area contributed by atoms with E-state index in [1.165, 1.54) is 25.3 Å². The fourth-order valence-electron chi connectivity index (χ4n) is 15.3. The van der Waals surface area contributed by atoms with Gasteiger partial charge in [-0.05, 0) is 228 Å². The molecule has 2 N–H and O–H groups in total. The number of aryl methyl sites for hydroxylation is 2. The number of nitriles is 3. The second kappa shape index (κ2) is 37.6. The number of hydrogen-bond acceptors (Lipinski definition) is 23. The van der Waals surface area contributed by atoms with Crippen LogP contribution >= 0.6 is 26.8 Å². The van der Waals surface area contributed by atoms with Crippen LogP contribution in [-0.4, -0.2) is 53.2 Å². The number of halogens is 6. The molecular formula is C100H67F6N3O20P2S3. The van der Waals surface area contributed by atoms with Gasteiger partial charge in [0.2, 0.25) is 15.3 Å². The summed E-state index contributed by atoms with van der Waals surface area (Å²) in [5.41, 5.74) is -0.223. The minimum atomic E-state index is -6.02. The van der Waals surface area contributed by atoms with Gasteiger partial charge in [-0.25, -0.2) is 13.7 Å². The maximum Gasteiger partial charge on any atom is 0.411 e. The van der Waals surface area contributed by atoms with Gasteiger partial charge < -0.3 is 46.9 Å². The van der Waals surface area contributed by atoms with E-state index >= 15 is 35.5 Å². The van der Waals surface area contributed by atoms with Crippen LogP contribution in [0.15, 0.2) is 341 Å². The van der Waals surface area contributed by atoms with E-state index in [1.54, 1.807) is 109 Å². The van der Waals surface area contributed by atoms with Crippen LogP contribution in [0, 0.1) is 47.8 Å². The summed E-state index contributed by atoms with van der Waals surface area (Å²) in [5.74, 6) is 2.17. The first-order valence-electron chi connectivity index (χ1n) is 40.0. The molecule has 0 amide bonds. The predicted molar refractivity (Wildman–Crippen MR) is 485 cm³/mol. The molecule has 23 nitrogen and oxygen atoms in total. The highest BCUT2D eigenvalue weighted by Gasteiger charge is 2.72. The summed E-state index contributed by atoms with van der Waals surface area (Å²) in [4.78, 5) is -2.34. The minimum absolute atomic E-state index is 0.0238. The highest BCUT2D eigenvalue weighted by Crippen LogP contribution is 2.60. The van der Waals surface area contributed by atoms with Crippen molar-refractivity contribution in [3.05, 3.63) is 360 Å². The van der Waals surface area contributed by atoms with Crippen LogP contribution in [0.2, 0.25) is 0 Å². The van der Waals surface area contributed by atoms with Gasteiger partial charge in [0.15, 0.2) is 0 Å². The zero-order valence-corrected chi connectivity index (χ0v) is 74.3. The summed E-state index contributed by atoms with van der Waals surface area (Å²) in [6, 6.07) is 86.2. The average molecular weight is 1900 g/mol. The van der Waals surface area contributed by atoms with Crippen LogP contribution < -0.4 is 68.2 Å². The fourth-order valence-corrected chi connectivity index (χ4v) is 22.8. The second-order valence-corrected chi connectivity index (χ2v) is 38.3. The van der Waals surface area contributed by atoms with Crippen LogP contribution in [0.3, 0.4) is 0 Å². The molecule has 0 aromatic heterocycles. The van der Waals surface area contributed by atoms with Gasteiger partial charge in [0, 0.05) is 11.1 Å². The Labute approximate surface area is 766 Å². The Morgan fingerprint density at radius 2 is 0.754 bits per heavy atom. The summed E-state index contributed by atoms with van der Waals surface area (Å²) in [6.45, 7) is 3.72. The van der Waals surface area contributed by atoms with Crippen molar-refractivity contribution in [2.24, 2.45) is 0 Å². The standard InChI is InChI=1S/C55H36F6N2O13S3.C45H31NO7P2/c1-33-5-3-6-46(44(33)31-62)71-38-17-9-34(10-18-38)35-11-19-39(20-12-35)72-47-7-4-8-48(45(47)32-63)73-40-21-13-36(14-22-40)53(54(56,57)58,55(59,60)61)37-15-23-41(24-16-37)74-49-27-25-42(29-51(49)77-76-75-64)78(65,66)43-26-28-50(70-2)52(30-43)79(67,68)69;1-29-22-24-41(44(26-29)54(47)42-20-9-5-14-33(42)31-12-3-7-16-38(31)52-54)51-37-19-11-18-36(35(37)28-46)50-30-23-25-40(49-2)45(27-30)55(48)43-21-10-6-15-34(43)32-13-4-8-17-39(32)53-55/h3-30,64H,1-2H3,(H,67,68,69);3-27H,1-2H3. The number of rotatable bonds is 25. The molecule has 34 heteroatoms. The number of ether oxygens (including phenoxy) is 8. The molecule has 2 unspecified atom stereocenters. The van der Waals surface area contributed by atoms with Crippen LogP contribution in [0.5, 0.6) is 92.0 Å². The number of benzene rings is 15. The lowest BCUT2D eigenvalue weighted by molar-refractivity contribution is -0.432. The number of sulfone groups is 1. The largest absolute Gasteiger partial charge is 0.496 e. The third-order valence-electron chi connectivity index (χ3n) is 21.6. The van der Waals surface area contributed by atoms with E-state index in [4.69, 9.17) is 52.2 Å². The Balaban J connectivity index is 0.000000207. The van der Waals surface area contributed by atoms with Gasteiger partial charge >= 0.3 is 27.1 Å². The number of alkyl halides is 6. The Bertz CT molecular complexity index is 7570. The molecule has 134 heavy (non-hydrogen) atoms. The molecule has 0 saturated heterocycles. The van der Waals surface area contributed by atoms with Crippen molar-refractivity contribution in [2.75, 3.05) is 14.2 Å². The second-order valence-electron chi connectivity index (χ2n) is 29.7. The van der Waals surface area contributed by atoms with Crippen molar-refractivity contribution < 1.29 is 118 Å². The average Bonchev–Trinajstić information content (AvgIpc) is 0.715. The molecule has 0 spiro atoms. The van der Waals surface area contributed by atoms with E-state index in [-0.39, 0.29) is 79.8 Å². The van der Waals surface area contributed by atoms with Gasteiger partial charge in [0.05, 0.1) is 67.7 Å². The molecule has 0 fully saturated rings. The first-order valence-corrected chi connectivity index (χ1v) is 46.9. The quantitative estimate of drug-likeness (QED) is 0.0134. The third kappa shape index (κ3) is 18.1. The highest BCUT2D eigenvalue weighted by molar-refractivity contribution is 7.95. The monoisotopic (exact) mass is 1900 g/mol. The van der Waals surface area contributed by atoms with Crippen molar-refractivity contribution in [3.8, 4) is 144 Å². The smallest absolute Gasteiger partial charge is 0.411 e. The highest BCUT2D eigenvalue weighted by atomic mass is 32.2. The van der Waals surface area contributed by atoms with E-state index in [0.717, 1.165) is 106 Å². The molecule has 2 heterocycles. The molecule has 2 aliphatic rings. The van der Waals surface area contributed by atoms with Crippen molar-refractivity contribution in [1.29, 1.82) is 15.8 Å². The van der Waals surface area contributed by atoms with Crippen molar-refractivity contribution in [3.63, 3.8) is 0 Å². The van der Waals surface area contributed by atoms with Crippen LogP contribution in [-0.2, 0) is 43.9 Å². The molecule has 0 aliphatic carbocycles. The lowest BCUT2D eigenvalue weighted by atomic mass is 9.73. The Morgan fingerprint density at radius 3 is 1.21 bits per heavy atom. The lowest BCUT2D eigenvalue weighted by Gasteiger charge is -2.38. The Morgan fingerprint density at radius 1 is 0.373 bits per heavy atom. The molecule has 0 radical (unpaired) electrons. The maximum absolute atomic E-state index is 15.2. The number of methoxy groups -OCH3 is 2. The van der Waals surface area contributed by atoms with E-state index < -0.39 is 78.3 Å². The third-order valence-corrected chi connectivity index (χ3v) is 29.8. The molecule has 15 aromatic rings. The molecular weight excluding hydrogens is 1840 g/mol. The van der Waals surface area contributed by atoms with Gasteiger partial charge in [0.25, 0.3) is 10.1 Å². The van der Waals surface area contributed by atoms with E-state index in [1.807, 2.05) is 129 Å². The van der Waals surface area contributed by atoms with Crippen LogP contribution in [0.1, 0.15) is 38.9 Å². The van der Waals surface area contributed by atoms with Gasteiger partial charge in [-0.1, -0.05) is 157 Å². The van der Waals surface area contributed by atoms with Crippen molar-refractivity contribution in [1.82, 2.24) is 0 Å². The maximum atomic E-state index is 15.2. The molecule has 2 aliphatic heterocycles.